The van der Waals surface area contributed by atoms with Crippen molar-refractivity contribution in [2.24, 2.45) is 0 Å². The van der Waals surface area contributed by atoms with Gasteiger partial charge in [0, 0.05) is 12.4 Å². The maximum absolute atomic E-state index is 12.4. The molecule has 0 saturated carbocycles. The molecule has 3 rings (SSSR count). The number of hydrogen-bond acceptors (Lipinski definition) is 10. The summed E-state index contributed by atoms with van der Waals surface area (Å²) in [6.07, 6.45) is 0. The molecule has 0 saturated heterocycles. The van der Waals surface area contributed by atoms with E-state index in [0.717, 1.165) is 16.2 Å². The van der Waals surface area contributed by atoms with Gasteiger partial charge in [-0.2, -0.15) is 0 Å². The maximum atomic E-state index is 12.4. The SMILES string of the molecule is CCOC(=O)c1c(NC(=O)COC(=O)c2csc(-c3cccs3)n2)sc(C(=O)NC)c1C. The Hall–Kier alpha value is -3.09. The largest absolute Gasteiger partial charge is 0.462 e. The smallest absolute Gasteiger partial charge is 0.358 e. The highest BCUT2D eigenvalue weighted by Crippen LogP contribution is 2.34. The van der Waals surface area contributed by atoms with Gasteiger partial charge in [-0.3, -0.25) is 9.59 Å². The van der Waals surface area contributed by atoms with E-state index in [9.17, 15) is 19.2 Å². The first kappa shape index (κ1) is 23.6. The van der Waals surface area contributed by atoms with Crippen LogP contribution in [0, 0.1) is 6.92 Å². The Labute approximate surface area is 195 Å². The topological polar surface area (TPSA) is 124 Å². The predicted octanol–water partition coefficient (Wildman–Crippen LogP) is 3.57. The second-order valence-electron chi connectivity index (χ2n) is 6.20. The zero-order valence-corrected chi connectivity index (χ0v) is 19.8. The number of ether oxygens (including phenoxy) is 2. The van der Waals surface area contributed by atoms with Crippen LogP contribution in [-0.4, -0.2) is 49.0 Å². The van der Waals surface area contributed by atoms with Gasteiger partial charge >= 0.3 is 11.9 Å². The Kier molecular flexibility index (Phi) is 7.72. The predicted molar refractivity (Wildman–Crippen MR) is 123 cm³/mol. The average molecular weight is 494 g/mol. The van der Waals surface area contributed by atoms with Gasteiger partial charge in [0.2, 0.25) is 0 Å². The van der Waals surface area contributed by atoms with Crippen LogP contribution in [0.25, 0.3) is 9.88 Å². The standard InChI is InChI=1S/C20H19N3O6S3/c1-4-28-20(27)14-10(2)15(16(25)21-3)32-18(14)23-13(24)8-29-19(26)11-9-31-17(22-11)12-6-5-7-30-12/h5-7,9H,4,8H2,1-3H3,(H,21,25)(H,23,24). The number of thiazole rings is 1. The zero-order chi connectivity index (χ0) is 23.3. The summed E-state index contributed by atoms with van der Waals surface area (Å²) in [5.74, 6) is -2.46. The van der Waals surface area contributed by atoms with Crippen LogP contribution in [-0.2, 0) is 14.3 Å². The number of rotatable bonds is 8. The number of amides is 2. The number of nitrogens with one attached hydrogen (secondary N) is 2. The van der Waals surface area contributed by atoms with E-state index in [0.29, 0.717) is 10.6 Å². The van der Waals surface area contributed by atoms with Gasteiger partial charge in [-0.15, -0.1) is 34.0 Å². The Morgan fingerprint density at radius 2 is 1.91 bits per heavy atom. The van der Waals surface area contributed by atoms with E-state index in [-0.39, 0.29) is 27.7 Å². The maximum Gasteiger partial charge on any atom is 0.358 e. The lowest BCUT2D eigenvalue weighted by atomic mass is 10.1. The third-order valence-electron chi connectivity index (χ3n) is 4.09. The molecule has 0 radical (unpaired) electrons. The second kappa shape index (κ2) is 10.5. The van der Waals surface area contributed by atoms with Crippen molar-refractivity contribution in [2.75, 3.05) is 25.6 Å². The van der Waals surface area contributed by atoms with Crippen molar-refractivity contribution in [2.45, 2.75) is 13.8 Å². The number of anilines is 1. The molecule has 32 heavy (non-hydrogen) atoms. The first-order valence-electron chi connectivity index (χ1n) is 9.34. The molecule has 3 heterocycles. The summed E-state index contributed by atoms with van der Waals surface area (Å²) in [4.78, 5) is 54.5. The normalized spacial score (nSPS) is 10.5. The molecule has 3 aromatic rings. The number of thiophene rings is 2. The van der Waals surface area contributed by atoms with Crippen LogP contribution in [0.4, 0.5) is 5.00 Å². The van der Waals surface area contributed by atoms with Gasteiger partial charge in [-0.1, -0.05) is 6.07 Å². The van der Waals surface area contributed by atoms with Gasteiger partial charge in [0.05, 0.1) is 21.9 Å². The van der Waals surface area contributed by atoms with Crippen LogP contribution in [0.15, 0.2) is 22.9 Å². The highest BCUT2D eigenvalue weighted by molar-refractivity contribution is 7.20. The van der Waals surface area contributed by atoms with Crippen LogP contribution in [0.5, 0.6) is 0 Å². The van der Waals surface area contributed by atoms with Gasteiger partial charge in [0.15, 0.2) is 12.3 Å². The summed E-state index contributed by atoms with van der Waals surface area (Å²) in [5.41, 5.74) is 0.589. The molecular formula is C20H19N3O6S3. The molecule has 0 aliphatic rings. The number of hydrogen-bond donors (Lipinski definition) is 2. The fourth-order valence-electron chi connectivity index (χ4n) is 2.63. The van der Waals surface area contributed by atoms with E-state index in [1.807, 2.05) is 17.5 Å². The van der Waals surface area contributed by atoms with E-state index in [1.54, 1.807) is 19.2 Å². The molecule has 0 atom stereocenters. The third-order valence-corrected chi connectivity index (χ3v) is 7.18. The molecule has 9 nitrogen and oxygen atoms in total. The number of esters is 2. The second-order valence-corrected chi connectivity index (χ2v) is 9.03. The molecule has 0 bridgehead atoms. The summed E-state index contributed by atoms with van der Waals surface area (Å²) in [6, 6.07) is 3.78. The van der Waals surface area contributed by atoms with Crippen molar-refractivity contribution in [3.05, 3.63) is 44.6 Å². The molecule has 0 unspecified atom stereocenters. The molecule has 168 valence electrons. The summed E-state index contributed by atoms with van der Waals surface area (Å²) in [6.45, 7) is 2.80. The fourth-order valence-corrected chi connectivity index (χ4v) is 5.39. The minimum Gasteiger partial charge on any atom is -0.462 e. The Bertz CT molecular complexity index is 1150. The Morgan fingerprint density at radius 1 is 1.12 bits per heavy atom. The fraction of sp³-hybridized carbons (Fsp3) is 0.250. The van der Waals surface area contributed by atoms with Gasteiger partial charge in [-0.05, 0) is 30.9 Å². The van der Waals surface area contributed by atoms with Crippen LogP contribution in [0.2, 0.25) is 0 Å². The highest BCUT2D eigenvalue weighted by atomic mass is 32.1. The van der Waals surface area contributed by atoms with Gasteiger partial charge < -0.3 is 20.1 Å². The van der Waals surface area contributed by atoms with Crippen LogP contribution in [0.1, 0.15) is 43.0 Å². The zero-order valence-electron chi connectivity index (χ0n) is 17.3. The Balaban J connectivity index is 1.68. The van der Waals surface area contributed by atoms with Crippen molar-refractivity contribution in [1.82, 2.24) is 10.3 Å². The minimum absolute atomic E-state index is 0.0928. The summed E-state index contributed by atoms with van der Waals surface area (Å²) in [7, 11) is 1.46. The number of carbonyl (C=O) groups excluding carboxylic acids is 4. The molecule has 0 fully saturated rings. The lowest BCUT2D eigenvalue weighted by molar-refractivity contribution is -0.119. The monoisotopic (exact) mass is 493 g/mol. The van der Waals surface area contributed by atoms with Crippen LogP contribution >= 0.6 is 34.0 Å². The van der Waals surface area contributed by atoms with Crippen LogP contribution in [0.3, 0.4) is 0 Å². The average Bonchev–Trinajstić information content (AvgIpc) is 3.51. The van der Waals surface area contributed by atoms with E-state index < -0.39 is 30.4 Å². The van der Waals surface area contributed by atoms with E-state index in [2.05, 4.69) is 15.6 Å². The molecule has 12 heteroatoms. The number of nitrogens with zero attached hydrogens (tertiary/aromatic N) is 1. The van der Waals surface area contributed by atoms with Gasteiger partial charge in [-0.25, -0.2) is 14.6 Å². The van der Waals surface area contributed by atoms with E-state index in [1.165, 1.54) is 29.7 Å². The van der Waals surface area contributed by atoms with E-state index in [4.69, 9.17) is 9.47 Å². The minimum atomic E-state index is -0.738. The number of carbonyl (C=O) groups is 4. The summed E-state index contributed by atoms with van der Waals surface area (Å²) >= 11 is 3.74. The lowest BCUT2D eigenvalue weighted by Gasteiger charge is -2.07. The van der Waals surface area contributed by atoms with Crippen molar-refractivity contribution < 1.29 is 28.7 Å². The molecule has 0 aromatic carbocycles. The van der Waals surface area contributed by atoms with E-state index >= 15 is 0 Å². The highest BCUT2D eigenvalue weighted by Gasteiger charge is 2.26. The van der Waals surface area contributed by atoms with Crippen LogP contribution < -0.4 is 10.6 Å². The van der Waals surface area contributed by atoms with Crippen molar-refractivity contribution >= 4 is 62.8 Å². The molecule has 0 aliphatic heterocycles. The van der Waals surface area contributed by atoms with Crippen molar-refractivity contribution in [3.8, 4) is 9.88 Å². The molecule has 2 amide bonds. The lowest BCUT2D eigenvalue weighted by Crippen LogP contribution is -2.22. The van der Waals surface area contributed by atoms with Crippen molar-refractivity contribution in [1.29, 1.82) is 0 Å². The third kappa shape index (κ3) is 5.21. The molecule has 3 aromatic heterocycles. The van der Waals surface area contributed by atoms with Gasteiger partial charge in [0.1, 0.15) is 10.0 Å². The molecule has 0 aliphatic carbocycles. The first-order chi connectivity index (χ1) is 15.3. The quantitative estimate of drug-likeness (QED) is 0.460. The summed E-state index contributed by atoms with van der Waals surface area (Å²) < 4.78 is 10.1. The molecule has 2 N–H and O–H groups in total. The first-order valence-corrected chi connectivity index (χ1v) is 11.9. The number of aromatic nitrogens is 1. The molecule has 0 spiro atoms. The van der Waals surface area contributed by atoms with Crippen molar-refractivity contribution in [3.63, 3.8) is 0 Å². The van der Waals surface area contributed by atoms with Gasteiger partial charge in [0.25, 0.3) is 11.8 Å². The molecular weight excluding hydrogens is 474 g/mol. The summed E-state index contributed by atoms with van der Waals surface area (Å²) in [5, 5.41) is 9.32. The Morgan fingerprint density at radius 3 is 2.56 bits per heavy atom.